The van der Waals surface area contributed by atoms with E-state index in [1.54, 1.807) is 12.1 Å². The lowest BCUT2D eigenvalue weighted by atomic mass is 9.96. The van der Waals surface area contributed by atoms with Crippen LogP contribution >= 0.6 is 15.9 Å². The fourth-order valence-corrected chi connectivity index (χ4v) is 3.60. The Balaban J connectivity index is 1.49. The molecule has 0 spiro atoms. The Morgan fingerprint density at radius 2 is 1.91 bits per heavy atom. The molecule has 1 amide bonds. The number of carbonyl (C=O) groups is 1. The average Bonchev–Trinajstić information content (AvgIpc) is 2.59. The van der Waals surface area contributed by atoms with Crippen molar-refractivity contribution < 1.29 is 9.18 Å². The van der Waals surface area contributed by atoms with Gasteiger partial charge >= 0.3 is 0 Å². The molecular formula is C17H23BrFN3O. The highest BCUT2D eigenvalue weighted by Gasteiger charge is 2.28. The molecule has 0 aliphatic carbocycles. The molecular weight excluding hydrogens is 361 g/mol. The first-order chi connectivity index (χ1) is 11.1. The summed E-state index contributed by atoms with van der Waals surface area (Å²) in [6, 6.07) is 5.28. The SMILES string of the molecule is O=C(C1CCNCC1)N1CCN(Cc2ccc(Br)c(F)c2)CC1. The first-order valence-electron chi connectivity index (χ1n) is 8.29. The number of piperazine rings is 1. The molecule has 23 heavy (non-hydrogen) atoms. The van der Waals surface area contributed by atoms with Crippen molar-refractivity contribution in [1.82, 2.24) is 15.1 Å². The van der Waals surface area contributed by atoms with Gasteiger partial charge in [-0.05, 0) is 59.6 Å². The standard InChI is InChI=1S/C17H23BrFN3O/c18-15-2-1-13(11-16(15)19)12-21-7-9-22(10-8-21)17(23)14-3-5-20-6-4-14/h1-2,11,14,20H,3-10,12H2. The van der Waals surface area contributed by atoms with Crippen LogP contribution in [-0.2, 0) is 11.3 Å². The van der Waals surface area contributed by atoms with Crippen molar-refractivity contribution in [3.63, 3.8) is 0 Å². The fourth-order valence-electron chi connectivity index (χ4n) is 3.35. The second-order valence-electron chi connectivity index (χ2n) is 6.37. The van der Waals surface area contributed by atoms with Crippen molar-refractivity contribution >= 4 is 21.8 Å². The summed E-state index contributed by atoms with van der Waals surface area (Å²) in [5, 5.41) is 3.30. The van der Waals surface area contributed by atoms with E-state index < -0.39 is 0 Å². The zero-order valence-corrected chi connectivity index (χ0v) is 14.8. The normalized spacial score (nSPS) is 20.7. The summed E-state index contributed by atoms with van der Waals surface area (Å²) in [7, 11) is 0. The third-order valence-electron chi connectivity index (χ3n) is 4.76. The zero-order chi connectivity index (χ0) is 16.2. The summed E-state index contributed by atoms with van der Waals surface area (Å²) in [6.45, 7) is 5.91. The lowest BCUT2D eigenvalue weighted by Gasteiger charge is -2.37. The quantitative estimate of drug-likeness (QED) is 0.869. The minimum atomic E-state index is -0.220. The summed E-state index contributed by atoms with van der Waals surface area (Å²) in [6.07, 6.45) is 1.91. The minimum absolute atomic E-state index is 0.198. The Bertz CT molecular complexity index is 555. The van der Waals surface area contributed by atoms with Crippen LogP contribution in [0, 0.1) is 11.7 Å². The summed E-state index contributed by atoms with van der Waals surface area (Å²) in [4.78, 5) is 16.8. The molecule has 6 heteroatoms. The Labute approximate surface area is 145 Å². The van der Waals surface area contributed by atoms with E-state index in [1.807, 2.05) is 11.0 Å². The van der Waals surface area contributed by atoms with Crippen molar-refractivity contribution in [3.05, 3.63) is 34.1 Å². The van der Waals surface area contributed by atoms with Gasteiger partial charge in [0, 0.05) is 38.6 Å². The second kappa shape index (κ2) is 7.73. The monoisotopic (exact) mass is 383 g/mol. The molecule has 2 fully saturated rings. The first-order valence-corrected chi connectivity index (χ1v) is 9.08. The van der Waals surface area contributed by atoms with E-state index in [2.05, 4.69) is 26.1 Å². The number of nitrogens with one attached hydrogen (secondary N) is 1. The van der Waals surface area contributed by atoms with Crippen LogP contribution in [0.25, 0.3) is 0 Å². The highest BCUT2D eigenvalue weighted by Crippen LogP contribution is 2.19. The second-order valence-corrected chi connectivity index (χ2v) is 7.23. The number of halogens is 2. The number of carbonyl (C=O) groups excluding carboxylic acids is 1. The summed E-state index contributed by atoms with van der Waals surface area (Å²) in [5.41, 5.74) is 0.976. The molecule has 0 radical (unpaired) electrons. The van der Waals surface area contributed by atoms with Gasteiger partial charge in [-0.3, -0.25) is 9.69 Å². The predicted molar refractivity (Wildman–Crippen MR) is 91.6 cm³/mol. The maximum absolute atomic E-state index is 13.6. The molecule has 2 heterocycles. The molecule has 1 aromatic carbocycles. The molecule has 0 aromatic heterocycles. The van der Waals surface area contributed by atoms with Crippen LogP contribution in [-0.4, -0.2) is 55.0 Å². The molecule has 1 N–H and O–H groups in total. The molecule has 0 unspecified atom stereocenters. The lowest BCUT2D eigenvalue weighted by molar-refractivity contribution is -0.138. The van der Waals surface area contributed by atoms with Gasteiger partial charge in [-0.2, -0.15) is 0 Å². The first kappa shape index (κ1) is 16.9. The van der Waals surface area contributed by atoms with Crippen LogP contribution in [0.1, 0.15) is 18.4 Å². The topological polar surface area (TPSA) is 35.6 Å². The van der Waals surface area contributed by atoms with E-state index in [-0.39, 0.29) is 11.7 Å². The molecule has 1 aromatic rings. The molecule has 0 saturated carbocycles. The van der Waals surface area contributed by atoms with Crippen molar-refractivity contribution in [2.75, 3.05) is 39.3 Å². The third-order valence-corrected chi connectivity index (χ3v) is 5.41. The van der Waals surface area contributed by atoms with E-state index in [4.69, 9.17) is 0 Å². The largest absolute Gasteiger partial charge is 0.340 e. The number of benzene rings is 1. The van der Waals surface area contributed by atoms with Crippen LogP contribution in [0.2, 0.25) is 0 Å². The Hall–Kier alpha value is -0.980. The number of hydrogen-bond donors (Lipinski definition) is 1. The van der Waals surface area contributed by atoms with Gasteiger partial charge in [-0.1, -0.05) is 6.07 Å². The molecule has 0 atom stereocenters. The van der Waals surface area contributed by atoms with Crippen molar-refractivity contribution in [2.45, 2.75) is 19.4 Å². The molecule has 4 nitrogen and oxygen atoms in total. The molecule has 2 aliphatic heterocycles. The number of hydrogen-bond acceptors (Lipinski definition) is 3. The highest BCUT2D eigenvalue weighted by molar-refractivity contribution is 9.10. The van der Waals surface area contributed by atoms with Gasteiger partial charge in [0.05, 0.1) is 4.47 Å². The van der Waals surface area contributed by atoms with Crippen LogP contribution in [0.4, 0.5) is 4.39 Å². The van der Waals surface area contributed by atoms with Crippen LogP contribution in [0.5, 0.6) is 0 Å². The van der Waals surface area contributed by atoms with Gasteiger partial charge in [0.25, 0.3) is 0 Å². The van der Waals surface area contributed by atoms with Crippen molar-refractivity contribution in [2.24, 2.45) is 5.92 Å². The Kier molecular flexibility index (Phi) is 5.67. The summed E-state index contributed by atoms with van der Waals surface area (Å²) >= 11 is 3.18. The predicted octanol–water partition coefficient (Wildman–Crippen LogP) is 2.23. The minimum Gasteiger partial charge on any atom is -0.340 e. The molecule has 126 valence electrons. The number of nitrogens with zero attached hydrogens (tertiary/aromatic N) is 2. The van der Waals surface area contributed by atoms with Crippen molar-refractivity contribution in [3.8, 4) is 0 Å². The van der Waals surface area contributed by atoms with Gasteiger partial charge in [0.1, 0.15) is 5.82 Å². The van der Waals surface area contributed by atoms with Gasteiger partial charge in [0.2, 0.25) is 5.91 Å². The molecule has 2 saturated heterocycles. The molecule has 0 bridgehead atoms. The highest BCUT2D eigenvalue weighted by atomic mass is 79.9. The van der Waals surface area contributed by atoms with Crippen LogP contribution in [0.3, 0.4) is 0 Å². The van der Waals surface area contributed by atoms with Gasteiger partial charge < -0.3 is 10.2 Å². The number of piperidine rings is 1. The van der Waals surface area contributed by atoms with Crippen LogP contribution < -0.4 is 5.32 Å². The van der Waals surface area contributed by atoms with E-state index >= 15 is 0 Å². The summed E-state index contributed by atoms with van der Waals surface area (Å²) in [5.74, 6) is 0.298. The number of rotatable bonds is 3. The molecule has 2 aliphatic rings. The Morgan fingerprint density at radius 3 is 2.57 bits per heavy atom. The van der Waals surface area contributed by atoms with Gasteiger partial charge in [-0.25, -0.2) is 4.39 Å². The van der Waals surface area contributed by atoms with Crippen LogP contribution in [0.15, 0.2) is 22.7 Å². The fraction of sp³-hybridized carbons (Fsp3) is 0.588. The summed E-state index contributed by atoms with van der Waals surface area (Å²) < 4.78 is 14.1. The Morgan fingerprint density at radius 1 is 1.22 bits per heavy atom. The maximum atomic E-state index is 13.6. The lowest BCUT2D eigenvalue weighted by Crippen LogP contribution is -2.51. The van der Waals surface area contributed by atoms with E-state index in [1.165, 1.54) is 0 Å². The van der Waals surface area contributed by atoms with Gasteiger partial charge in [0.15, 0.2) is 0 Å². The van der Waals surface area contributed by atoms with E-state index in [9.17, 15) is 9.18 Å². The smallest absolute Gasteiger partial charge is 0.225 e. The van der Waals surface area contributed by atoms with Crippen molar-refractivity contribution in [1.29, 1.82) is 0 Å². The molecule has 3 rings (SSSR count). The zero-order valence-electron chi connectivity index (χ0n) is 13.2. The van der Waals surface area contributed by atoms with E-state index in [0.29, 0.717) is 10.4 Å². The average molecular weight is 384 g/mol. The third kappa shape index (κ3) is 4.31. The van der Waals surface area contributed by atoms with Gasteiger partial charge in [-0.15, -0.1) is 0 Å². The van der Waals surface area contributed by atoms with E-state index in [0.717, 1.165) is 64.2 Å². The maximum Gasteiger partial charge on any atom is 0.225 e. The number of amides is 1.